The summed E-state index contributed by atoms with van der Waals surface area (Å²) in [6.45, 7) is 1.79. The minimum absolute atomic E-state index is 0.0305. The first kappa shape index (κ1) is 25.7. The van der Waals surface area contributed by atoms with Crippen molar-refractivity contribution in [2.75, 3.05) is 17.8 Å². The van der Waals surface area contributed by atoms with Crippen molar-refractivity contribution in [2.24, 2.45) is 5.73 Å². The maximum atomic E-state index is 13.5. The van der Waals surface area contributed by atoms with Crippen molar-refractivity contribution in [1.29, 1.82) is 5.41 Å². The molecule has 0 aliphatic heterocycles. The van der Waals surface area contributed by atoms with Crippen molar-refractivity contribution in [1.82, 2.24) is 4.72 Å². The number of aryl methyl sites for hydroxylation is 1. The Hall–Kier alpha value is -2.87. The Kier molecular flexibility index (Phi) is 7.41. The van der Waals surface area contributed by atoms with E-state index in [1.54, 1.807) is 43.5 Å². The van der Waals surface area contributed by atoms with Crippen LogP contribution >= 0.6 is 23.1 Å². The van der Waals surface area contributed by atoms with E-state index in [-0.39, 0.29) is 15.6 Å². The molecule has 3 aromatic rings. The highest BCUT2D eigenvalue weighted by Crippen LogP contribution is 2.38. The highest BCUT2D eigenvalue weighted by atomic mass is 32.2. The van der Waals surface area contributed by atoms with Crippen molar-refractivity contribution >= 4 is 60.5 Å². The molecular weight excluding hydrogens is 517 g/mol. The zero-order valence-corrected chi connectivity index (χ0v) is 21.6. The van der Waals surface area contributed by atoms with Crippen LogP contribution in [0.4, 0.5) is 10.5 Å². The summed E-state index contributed by atoms with van der Waals surface area (Å²) in [7, 11) is -7.70. The first-order valence-corrected chi connectivity index (χ1v) is 15.0. The largest absolute Gasteiger partial charge is 0.383 e. The molecule has 1 heterocycles. The number of benzene rings is 2. The maximum absolute atomic E-state index is 13.5. The summed E-state index contributed by atoms with van der Waals surface area (Å²) in [5, 5.41) is 10.2. The third-order valence-corrected chi connectivity index (χ3v) is 9.53. The molecule has 0 saturated carbocycles. The molecule has 13 heteroatoms. The highest BCUT2D eigenvalue weighted by molar-refractivity contribution is 8.01. The average Bonchev–Trinajstić information content (AvgIpc) is 3.18. The summed E-state index contributed by atoms with van der Waals surface area (Å²) in [5.41, 5.74) is 7.67. The number of carbonyl (C=O) groups excluding carboxylic acids is 1. The summed E-state index contributed by atoms with van der Waals surface area (Å²) >= 11 is 2.39. The van der Waals surface area contributed by atoms with Crippen LogP contribution < -0.4 is 15.8 Å². The van der Waals surface area contributed by atoms with E-state index in [4.69, 9.17) is 11.1 Å². The molecule has 0 saturated heterocycles. The predicted molar refractivity (Wildman–Crippen MR) is 136 cm³/mol. The van der Waals surface area contributed by atoms with Crippen LogP contribution in [0.3, 0.4) is 0 Å². The number of hydrogen-bond donors (Lipinski definition) is 4. The first-order chi connectivity index (χ1) is 15.8. The molecule has 180 valence electrons. The number of thiophene rings is 1. The molecule has 9 nitrogen and oxygen atoms in total. The van der Waals surface area contributed by atoms with Crippen LogP contribution in [-0.4, -0.2) is 41.2 Å². The summed E-state index contributed by atoms with van der Waals surface area (Å²) < 4.78 is 52.1. The molecule has 1 aromatic heterocycles. The summed E-state index contributed by atoms with van der Waals surface area (Å²) in [6.07, 6.45) is 2.61. The number of nitrogen functional groups attached to an aromatic ring is 1. The molecule has 3 rings (SSSR count). The van der Waals surface area contributed by atoms with Crippen molar-refractivity contribution in [3.05, 3.63) is 59.0 Å². The monoisotopic (exact) mass is 538 g/mol. The second-order valence-electron chi connectivity index (χ2n) is 7.24. The topological polar surface area (TPSA) is 159 Å². The van der Waals surface area contributed by atoms with Crippen LogP contribution in [0, 0.1) is 12.3 Å². The summed E-state index contributed by atoms with van der Waals surface area (Å²) in [6, 6.07) is 11.8. The van der Waals surface area contributed by atoms with Crippen molar-refractivity contribution in [3.63, 3.8) is 0 Å². The van der Waals surface area contributed by atoms with E-state index in [0.29, 0.717) is 25.9 Å². The van der Waals surface area contributed by atoms with Gasteiger partial charge in [-0.2, -0.15) is 0 Å². The third kappa shape index (κ3) is 5.60. The minimum atomic E-state index is -3.94. The second kappa shape index (κ2) is 9.78. The van der Waals surface area contributed by atoms with Gasteiger partial charge in [0, 0.05) is 5.56 Å². The smallest absolute Gasteiger partial charge is 0.332 e. The van der Waals surface area contributed by atoms with Crippen molar-refractivity contribution in [2.45, 2.75) is 20.9 Å². The Morgan fingerprint density at radius 2 is 1.76 bits per heavy atom. The lowest BCUT2D eigenvalue weighted by atomic mass is 9.98. The quantitative estimate of drug-likeness (QED) is 0.203. The Balaban J connectivity index is 2.09. The molecular formula is C21H22N4O5S4. The molecule has 0 atom stereocenters. The minimum Gasteiger partial charge on any atom is -0.383 e. The molecule has 0 aliphatic carbocycles. The molecule has 0 bridgehead atoms. The summed E-state index contributed by atoms with van der Waals surface area (Å²) in [5.74, 6) is -0.210. The molecule has 5 N–H and O–H groups in total. The van der Waals surface area contributed by atoms with E-state index >= 15 is 0 Å². The van der Waals surface area contributed by atoms with Gasteiger partial charge in [0.15, 0.2) is 0 Å². The number of anilines is 1. The lowest BCUT2D eigenvalue weighted by molar-refractivity contribution is 0.256. The molecule has 2 amide bonds. The normalized spacial score (nSPS) is 11.7. The van der Waals surface area contributed by atoms with Gasteiger partial charge in [0.2, 0.25) is 19.9 Å². The van der Waals surface area contributed by atoms with Crippen molar-refractivity contribution in [3.8, 4) is 11.1 Å². The van der Waals surface area contributed by atoms with E-state index in [1.807, 2.05) is 4.72 Å². The number of amides is 2. The molecule has 0 radical (unpaired) electrons. The van der Waals surface area contributed by atoms with E-state index in [1.165, 1.54) is 30.0 Å². The molecule has 2 aromatic carbocycles. The van der Waals surface area contributed by atoms with Crippen molar-refractivity contribution < 1.29 is 21.6 Å². The Labute approximate surface area is 206 Å². The molecule has 0 spiro atoms. The Morgan fingerprint density at radius 1 is 1.09 bits per heavy atom. The third-order valence-electron chi connectivity index (χ3n) is 4.64. The summed E-state index contributed by atoms with van der Waals surface area (Å²) in [4.78, 5) is 12.6. The van der Waals surface area contributed by atoms with Gasteiger partial charge < -0.3 is 11.1 Å². The van der Waals surface area contributed by atoms with Gasteiger partial charge in [-0.25, -0.2) is 26.4 Å². The number of rotatable bonds is 7. The van der Waals surface area contributed by atoms with Crippen LogP contribution in [0.15, 0.2) is 62.5 Å². The van der Waals surface area contributed by atoms with Gasteiger partial charge in [-0.1, -0.05) is 24.3 Å². The Bertz CT molecular complexity index is 1500. The number of nitrogens with one attached hydrogen (secondary N) is 3. The van der Waals surface area contributed by atoms with Gasteiger partial charge >= 0.3 is 6.03 Å². The molecule has 34 heavy (non-hydrogen) atoms. The zero-order valence-electron chi connectivity index (χ0n) is 18.4. The predicted octanol–water partition coefficient (Wildman–Crippen LogP) is 3.64. The molecule has 0 fully saturated rings. The number of nitrogens with two attached hydrogens (primary N) is 1. The van der Waals surface area contributed by atoms with E-state index in [9.17, 15) is 21.6 Å². The second-order valence-corrected chi connectivity index (χ2v) is 13.0. The zero-order chi connectivity index (χ0) is 25.3. The van der Waals surface area contributed by atoms with Crippen LogP contribution in [0.5, 0.6) is 0 Å². The molecule has 0 unspecified atom stereocenters. The maximum Gasteiger partial charge on any atom is 0.332 e. The van der Waals surface area contributed by atoms with Crippen LogP contribution in [0.1, 0.15) is 10.4 Å². The first-order valence-electron chi connectivity index (χ1n) is 9.59. The van der Waals surface area contributed by atoms with E-state index in [2.05, 4.69) is 5.32 Å². The van der Waals surface area contributed by atoms with Crippen LogP contribution in [-0.2, 0) is 19.9 Å². The fraction of sp³-hybridized carbons (Fsp3) is 0.143. The number of amidine groups is 1. The van der Waals surface area contributed by atoms with E-state index < -0.39 is 25.9 Å². The SMILES string of the molecule is CSc1sc(C(=N)N)cc1S(=O)(=O)c1cccc(-c2c(C)cccc2NC(=O)NS(C)(=O)=O)c1. The average molecular weight is 539 g/mol. The molecule has 0 aliphatic rings. The van der Waals surface area contributed by atoms with Gasteiger partial charge in [-0.05, 0) is 48.6 Å². The van der Waals surface area contributed by atoms with Crippen LogP contribution in [0.25, 0.3) is 11.1 Å². The number of urea groups is 1. The van der Waals surface area contributed by atoms with Gasteiger partial charge in [-0.15, -0.1) is 23.1 Å². The van der Waals surface area contributed by atoms with E-state index in [0.717, 1.165) is 23.2 Å². The van der Waals surface area contributed by atoms with Gasteiger partial charge in [0.1, 0.15) is 5.84 Å². The standard InChI is InChI=1S/C21H22N4O5S4/c1-12-6-4-9-15(24-21(26)25-33(3,27)28)18(12)13-7-5-8-14(10-13)34(29,30)17-11-16(19(22)23)32-20(17)31-2/h4-11H,1-3H3,(H3,22,23)(H2,24,25,26). The number of carbonyl (C=O) groups is 1. The highest BCUT2D eigenvalue weighted by Gasteiger charge is 2.25. The van der Waals surface area contributed by atoms with Gasteiger partial charge in [0.25, 0.3) is 0 Å². The number of thioether (sulfide) groups is 1. The lowest BCUT2D eigenvalue weighted by Gasteiger charge is -2.15. The fourth-order valence-electron chi connectivity index (χ4n) is 3.24. The van der Waals surface area contributed by atoms with Crippen LogP contribution in [0.2, 0.25) is 0 Å². The number of sulfonamides is 1. The number of sulfone groups is 1. The van der Waals surface area contributed by atoms with Gasteiger partial charge in [0.05, 0.1) is 30.8 Å². The van der Waals surface area contributed by atoms with Gasteiger partial charge in [-0.3, -0.25) is 5.41 Å². The lowest BCUT2D eigenvalue weighted by Crippen LogP contribution is -2.33. The number of hydrogen-bond acceptors (Lipinski definition) is 8. The fourth-order valence-corrected chi connectivity index (χ4v) is 7.53. The Morgan fingerprint density at radius 3 is 2.38 bits per heavy atom.